The Bertz CT molecular complexity index is 216. The van der Waals surface area contributed by atoms with Gasteiger partial charge in [-0.3, -0.25) is 0 Å². The van der Waals surface area contributed by atoms with Gasteiger partial charge >= 0.3 is 0 Å². The van der Waals surface area contributed by atoms with Gasteiger partial charge in [0.25, 0.3) is 0 Å². The standard InChI is InChI=1S/C17H34O/c1-10(2)14-9-18-17(13(7)8)16(12(5)6)15(14)11(3)4/h10-17H,9H2,1-8H3. The van der Waals surface area contributed by atoms with Crippen molar-refractivity contribution in [3.8, 4) is 0 Å². The Hall–Kier alpha value is -0.0400. The first-order valence-corrected chi connectivity index (χ1v) is 7.88. The molecule has 0 aromatic carbocycles. The van der Waals surface area contributed by atoms with E-state index in [-0.39, 0.29) is 0 Å². The van der Waals surface area contributed by atoms with Crippen molar-refractivity contribution in [3.63, 3.8) is 0 Å². The van der Waals surface area contributed by atoms with Crippen LogP contribution in [0.25, 0.3) is 0 Å². The molecule has 1 heteroatoms. The number of hydrogen-bond acceptors (Lipinski definition) is 1. The third-order valence-electron chi connectivity index (χ3n) is 4.85. The fraction of sp³-hybridized carbons (Fsp3) is 1.00. The lowest BCUT2D eigenvalue weighted by atomic mass is 9.62. The SMILES string of the molecule is CC(C)C1COC(C(C)C)C(C(C)C)C1C(C)C. The molecule has 1 nitrogen and oxygen atoms in total. The van der Waals surface area contributed by atoms with Crippen LogP contribution >= 0.6 is 0 Å². The molecule has 0 saturated carbocycles. The van der Waals surface area contributed by atoms with Gasteiger partial charge in [-0.15, -0.1) is 0 Å². The molecule has 1 saturated heterocycles. The lowest BCUT2D eigenvalue weighted by Crippen LogP contribution is -2.50. The predicted molar refractivity (Wildman–Crippen MR) is 79.6 cm³/mol. The van der Waals surface area contributed by atoms with Gasteiger partial charge in [0.2, 0.25) is 0 Å². The Morgan fingerprint density at radius 3 is 1.50 bits per heavy atom. The molecule has 1 heterocycles. The highest BCUT2D eigenvalue weighted by atomic mass is 16.5. The minimum Gasteiger partial charge on any atom is -0.377 e. The summed E-state index contributed by atoms with van der Waals surface area (Å²) in [6, 6.07) is 0. The summed E-state index contributed by atoms with van der Waals surface area (Å²) in [6.07, 6.45) is 0.451. The summed E-state index contributed by atoms with van der Waals surface area (Å²) in [5.41, 5.74) is 0. The molecule has 18 heavy (non-hydrogen) atoms. The molecule has 0 radical (unpaired) electrons. The summed E-state index contributed by atoms with van der Waals surface area (Å²) in [5, 5.41) is 0. The molecule has 1 aliphatic rings. The smallest absolute Gasteiger partial charge is 0.0631 e. The van der Waals surface area contributed by atoms with Crippen molar-refractivity contribution in [1.29, 1.82) is 0 Å². The van der Waals surface area contributed by atoms with Crippen molar-refractivity contribution in [2.45, 2.75) is 61.5 Å². The molecule has 1 fully saturated rings. The van der Waals surface area contributed by atoms with Crippen LogP contribution in [0.15, 0.2) is 0 Å². The number of ether oxygens (including phenoxy) is 1. The van der Waals surface area contributed by atoms with E-state index in [1.54, 1.807) is 0 Å². The summed E-state index contributed by atoms with van der Waals surface area (Å²) in [7, 11) is 0. The maximum atomic E-state index is 6.27. The molecular weight excluding hydrogens is 220 g/mol. The van der Waals surface area contributed by atoms with E-state index in [0.717, 1.165) is 30.3 Å². The predicted octanol–water partition coefficient (Wildman–Crippen LogP) is 4.86. The van der Waals surface area contributed by atoms with Gasteiger partial charge in [-0.05, 0) is 41.4 Å². The maximum Gasteiger partial charge on any atom is 0.0631 e. The molecule has 108 valence electrons. The number of hydrogen-bond donors (Lipinski definition) is 0. The third kappa shape index (κ3) is 3.29. The van der Waals surface area contributed by atoms with Gasteiger partial charge in [0.1, 0.15) is 0 Å². The fourth-order valence-corrected chi connectivity index (χ4v) is 3.99. The van der Waals surface area contributed by atoms with Crippen LogP contribution in [0.5, 0.6) is 0 Å². The minimum absolute atomic E-state index is 0.451. The average Bonchev–Trinajstić information content (AvgIpc) is 2.26. The largest absolute Gasteiger partial charge is 0.377 e. The van der Waals surface area contributed by atoms with Crippen molar-refractivity contribution in [2.24, 2.45) is 41.4 Å². The van der Waals surface area contributed by atoms with Crippen LogP contribution in [-0.4, -0.2) is 12.7 Å². The Kier molecular flexibility index (Phi) is 5.70. The maximum absolute atomic E-state index is 6.27. The Labute approximate surface area is 115 Å². The van der Waals surface area contributed by atoms with E-state index in [0.29, 0.717) is 23.9 Å². The van der Waals surface area contributed by atoms with E-state index in [9.17, 15) is 0 Å². The summed E-state index contributed by atoms with van der Waals surface area (Å²) in [5.74, 6) is 5.09. The Balaban J connectivity index is 3.02. The molecule has 1 aliphatic heterocycles. The van der Waals surface area contributed by atoms with Gasteiger partial charge in [-0.2, -0.15) is 0 Å². The zero-order chi connectivity index (χ0) is 14.0. The van der Waals surface area contributed by atoms with Crippen LogP contribution in [0.3, 0.4) is 0 Å². The zero-order valence-corrected chi connectivity index (χ0v) is 13.7. The van der Waals surface area contributed by atoms with Gasteiger partial charge in [0.05, 0.1) is 12.7 Å². The molecule has 1 rings (SSSR count). The summed E-state index contributed by atoms with van der Waals surface area (Å²) < 4.78 is 6.27. The van der Waals surface area contributed by atoms with Crippen LogP contribution < -0.4 is 0 Å². The minimum atomic E-state index is 0.451. The van der Waals surface area contributed by atoms with Crippen LogP contribution in [-0.2, 0) is 4.74 Å². The highest BCUT2D eigenvalue weighted by Crippen LogP contribution is 2.45. The van der Waals surface area contributed by atoms with Gasteiger partial charge in [0.15, 0.2) is 0 Å². The van der Waals surface area contributed by atoms with Crippen molar-refractivity contribution >= 4 is 0 Å². The highest BCUT2D eigenvalue weighted by molar-refractivity contribution is 4.92. The van der Waals surface area contributed by atoms with Gasteiger partial charge < -0.3 is 4.74 Å². The molecule has 0 bridgehead atoms. The molecule has 0 aromatic rings. The summed E-state index contributed by atoms with van der Waals surface area (Å²) >= 11 is 0. The third-order valence-corrected chi connectivity index (χ3v) is 4.85. The van der Waals surface area contributed by atoms with Crippen LogP contribution in [0.2, 0.25) is 0 Å². The first-order valence-electron chi connectivity index (χ1n) is 7.88. The van der Waals surface area contributed by atoms with E-state index in [4.69, 9.17) is 4.74 Å². The second-order valence-electron chi connectivity index (χ2n) is 7.59. The van der Waals surface area contributed by atoms with Crippen molar-refractivity contribution in [3.05, 3.63) is 0 Å². The van der Waals surface area contributed by atoms with E-state index < -0.39 is 0 Å². The molecule has 0 aromatic heterocycles. The fourth-order valence-electron chi connectivity index (χ4n) is 3.99. The van der Waals surface area contributed by atoms with E-state index in [2.05, 4.69) is 55.4 Å². The van der Waals surface area contributed by atoms with Crippen LogP contribution in [0.1, 0.15) is 55.4 Å². The normalized spacial score (nSPS) is 34.0. The topological polar surface area (TPSA) is 9.23 Å². The monoisotopic (exact) mass is 254 g/mol. The lowest BCUT2D eigenvalue weighted by Gasteiger charge is -2.50. The summed E-state index contributed by atoms with van der Waals surface area (Å²) in [6.45, 7) is 19.9. The average molecular weight is 254 g/mol. The molecule has 0 spiro atoms. The van der Waals surface area contributed by atoms with E-state index in [1.807, 2.05) is 0 Å². The molecular formula is C17H34O. The summed E-state index contributed by atoms with van der Waals surface area (Å²) in [4.78, 5) is 0. The highest BCUT2D eigenvalue weighted by Gasteiger charge is 2.44. The lowest BCUT2D eigenvalue weighted by molar-refractivity contribution is -0.146. The Morgan fingerprint density at radius 1 is 0.667 bits per heavy atom. The number of rotatable bonds is 4. The second-order valence-corrected chi connectivity index (χ2v) is 7.59. The van der Waals surface area contributed by atoms with Gasteiger partial charge in [-0.25, -0.2) is 0 Å². The molecule has 4 unspecified atom stereocenters. The molecule has 0 aliphatic carbocycles. The van der Waals surface area contributed by atoms with Gasteiger partial charge in [-0.1, -0.05) is 55.4 Å². The quantitative estimate of drug-likeness (QED) is 0.696. The van der Waals surface area contributed by atoms with E-state index in [1.165, 1.54) is 0 Å². The van der Waals surface area contributed by atoms with Crippen molar-refractivity contribution < 1.29 is 4.74 Å². The zero-order valence-electron chi connectivity index (χ0n) is 13.7. The van der Waals surface area contributed by atoms with Crippen molar-refractivity contribution in [1.82, 2.24) is 0 Å². The first kappa shape index (κ1) is 16.0. The second kappa shape index (κ2) is 6.41. The molecule has 0 N–H and O–H groups in total. The Morgan fingerprint density at radius 2 is 1.17 bits per heavy atom. The molecule has 4 atom stereocenters. The first-order chi connectivity index (χ1) is 8.27. The molecule has 0 amide bonds. The van der Waals surface area contributed by atoms with Gasteiger partial charge in [0, 0.05) is 0 Å². The van der Waals surface area contributed by atoms with E-state index >= 15 is 0 Å². The van der Waals surface area contributed by atoms with Crippen LogP contribution in [0, 0.1) is 41.4 Å². The van der Waals surface area contributed by atoms with Crippen molar-refractivity contribution in [2.75, 3.05) is 6.61 Å². The van der Waals surface area contributed by atoms with Crippen LogP contribution in [0.4, 0.5) is 0 Å².